The van der Waals surface area contributed by atoms with Crippen LogP contribution < -0.4 is 0 Å². The molecule has 11 heavy (non-hydrogen) atoms. The van der Waals surface area contributed by atoms with Gasteiger partial charge in [0.1, 0.15) is 5.67 Å². The number of nitrogens with zero attached hydrogens (tertiary/aromatic N) is 1. The summed E-state index contributed by atoms with van der Waals surface area (Å²) in [6.45, 7) is 0. The summed E-state index contributed by atoms with van der Waals surface area (Å²) in [5, 5.41) is 8.29. The molecule has 0 aliphatic carbocycles. The van der Waals surface area contributed by atoms with Crippen molar-refractivity contribution in [1.29, 1.82) is 5.26 Å². The molecule has 1 aliphatic heterocycles. The van der Waals surface area contributed by atoms with E-state index in [-0.39, 0.29) is 0 Å². The van der Waals surface area contributed by atoms with Gasteiger partial charge in [-0.3, -0.25) is 0 Å². The van der Waals surface area contributed by atoms with Crippen LogP contribution in [0, 0.1) is 11.3 Å². The molecule has 1 nitrogen and oxygen atoms in total. The van der Waals surface area contributed by atoms with E-state index in [9.17, 15) is 4.39 Å². The fourth-order valence-electron chi connectivity index (χ4n) is 1.27. The Morgan fingerprint density at radius 1 is 1.45 bits per heavy atom. The lowest BCUT2D eigenvalue weighted by molar-refractivity contribution is 0.139. The molecule has 1 heterocycles. The van der Waals surface area contributed by atoms with Gasteiger partial charge < -0.3 is 0 Å². The summed E-state index contributed by atoms with van der Waals surface area (Å²) < 4.78 is 13.6. The van der Waals surface area contributed by atoms with Crippen LogP contribution in [0.5, 0.6) is 0 Å². The van der Waals surface area contributed by atoms with Gasteiger partial charge in [0.05, 0.1) is 6.07 Å². The summed E-state index contributed by atoms with van der Waals surface area (Å²) in [6, 6.07) is 1.99. The molecule has 0 aromatic heterocycles. The molecule has 1 aliphatic rings. The summed E-state index contributed by atoms with van der Waals surface area (Å²) in [5.74, 6) is 1.84. The Morgan fingerprint density at radius 3 is 2.64 bits per heavy atom. The average Bonchev–Trinajstić information content (AvgIpc) is 2.03. The molecule has 0 N–H and O–H groups in total. The fraction of sp³-hybridized carbons (Fsp3) is 0.875. The Balaban J connectivity index is 2.32. The number of nitriles is 1. The first-order valence-electron chi connectivity index (χ1n) is 3.90. The minimum Gasteiger partial charge on any atom is -0.244 e. The van der Waals surface area contributed by atoms with Crippen LogP contribution in [0.2, 0.25) is 0 Å². The molecule has 62 valence electrons. The van der Waals surface area contributed by atoms with E-state index in [1.165, 1.54) is 0 Å². The summed E-state index contributed by atoms with van der Waals surface area (Å²) in [5.41, 5.74) is -1.01. The van der Waals surface area contributed by atoms with E-state index in [4.69, 9.17) is 5.26 Å². The second-order valence-electron chi connectivity index (χ2n) is 2.92. The maximum absolute atomic E-state index is 13.6. The first-order valence-corrected chi connectivity index (χ1v) is 5.06. The molecule has 0 radical (unpaired) electrons. The van der Waals surface area contributed by atoms with Gasteiger partial charge in [-0.25, -0.2) is 4.39 Å². The third kappa shape index (κ3) is 2.70. The van der Waals surface area contributed by atoms with E-state index >= 15 is 0 Å². The van der Waals surface area contributed by atoms with Crippen LogP contribution in [0.3, 0.4) is 0 Å². The SMILES string of the molecule is N#CCCC1(F)CCSCC1. The van der Waals surface area contributed by atoms with E-state index in [2.05, 4.69) is 0 Å². The van der Waals surface area contributed by atoms with Gasteiger partial charge in [-0.05, 0) is 30.8 Å². The highest BCUT2D eigenvalue weighted by Gasteiger charge is 2.30. The number of alkyl halides is 1. The molecular formula is C8H12FNS. The lowest BCUT2D eigenvalue weighted by atomic mass is 9.94. The van der Waals surface area contributed by atoms with Crippen LogP contribution >= 0.6 is 11.8 Å². The predicted octanol–water partition coefficient (Wildman–Crippen LogP) is 2.53. The first-order chi connectivity index (χ1) is 5.27. The smallest absolute Gasteiger partial charge is 0.113 e. The summed E-state index contributed by atoms with van der Waals surface area (Å²) >= 11 is 1.81. The van der Waals surface area contributed by atoms with Gasteiger partial charge >= 0.3 is 0 Å². The Bertz CT molecular complexity index is 158. The highest BCUT2D eigenvalue weighted by Crippen LogP contribution is 2.34. The van der Waals surface area contributed by atoms with Crippen LogP contribution in [0.1, 0.15) is 25.7 Å². The molecule has 1 fully saturated rings. The van der Waals surface area contributed by atoms with Crippen molar-refractivity contribution in [3.8, 4) is 6.07 Å². The number of rotatable bonds is 2. The molecule has 0 unspecified atom stereocenters. The van der Waals surface area contributed by atoms with Crippen molar-refractivity contribution < 1.29 is 4.39 Å². The van der Waals surface area contributed by atoms with Crippen LogP contribution in [0.15, 0.2) is 0 Å². The predicted molar refractivity (Wildman–Crippen MR) is 45.2 cm³/mol. The molecule has 0 aromatic carbocycles. The first kappa shape index (κ1) is 8.86. The Kier molecular flexibility index (Phi) is 3.19. The van der Waals surface area contributed by atoms with Gasteiger partial charge in [-0.1, -0.05) is 0 Å². The molecule has 0 saturated carbocycles. The number of hydrogen-bond acceptors (Lipinski definition) is 2. The number of halogens is 1. The third-order valence-corrected chi connectivity index (χ3v) is 3.06. The van der Waals surface area contributed by atoms with E-state index in [1.54, 1.807) is 0 Å². The molecule has 0 bridgehead atoms. The molecule has 0 spiro atoms. The fourth-order valence-corrected chi connectivity index (χ4v) is 2.49. The minimum atomic E-state index is -1.01. The molecule has 1 saturated heterocycles. The largest absolute Gasteiger partial charge is 0.244 e. The Morgan fingerprint density at radius 2 is 2.09 bits per heavy atom. The summed E-state index contributed by atoms with van der Waals surface area (Å²) in [6.07, 6.45) is 2.07. The maximum Gasteiger partial charge on any atom is 0.113 e. The van der Waals surface area contributed by atoms with Gasteiger partial charge in [0.15, 0.2) is 0 Å². The maximum atomic E-state index is 13.6. The Labute approximate surface area is 71.0 Å². The summed E-state index contributed by atoms with van der Waals surface area (Å²) in [7, 11) is 0. The second-order valence-corrected chi connectivity index (χ2v) is 4.15. The molecule has 0 aromatic rings. The Hall–Kier alpha value is -0.230. The quantitative estimate of drug-likeness (QED) is 0.640. The van der Waals surface area contributed by atoms with Crippen LogP contribution in [-0.2, 0) is 0 Å². The number of thioether (sulfide) groups is 1. The van der Waals surface area contributed by atoms with Gasteiger partial charge in [-0.2, -0.15) is 17.0 Å². The van der Waals surface area contributed by atoms with Crippen molar-refractivity contribution in [1.82, 2.24) is 0 Å². The topological polar surface area (TPSA) is 23.8 Å². The third-order valence-electron chi connectivity index (χ3n) is 2.07. The zero-order valence-corrected chi connectivity index (χ0v) is 7.29. The molecule has 0 amide bonds. The zero-order valence-electron chi connectivity index (χ0n) is 6.48. The second kappa shape index (κ2) is 3.96. The normalized spacial score (nSPS) is 22.5. The highest BCUT2D eigenvalue weighted by atomic mass is 32.2. The van der Waals surface area contributed by atoms with Crippen molar-refractivity contribution in [2.45, 2.75) is 31.4 Å². The van der Waals surface area contributed by atoms with Gasteiger partial charge in [0.2, 0.25) is 0 Å². The monoisotopic (exact) mass is 173 g/mol. The number of hydrogen-bond donors (Lipinski definition) is 0. The van der Waals surface area contributed by atoms with Crippen molar-refractivity contribution in [3.05, 3.63) is 0 Å². The van der Waals surface area contributed by atoms with Gasteiger partial charge in [0, 0.05) is 6.42 Å². The average molecular weight is 173 g/mol. The minimum absolute atomic E-state index is 0.362. The van der Waals surface area contributed by atoms with Gasteiger partial charge in [0.25, 0.3) is 0 Å². The van der Waals surface area contributed by atoms with Crippen LogP contribution in [0.25, 0.3) is 0 Å². The van der Waals surface area contributed by atoms with E-state index < -0.39 is 5.67 Å². The van der Waals surface area contributed by atoms with Crippen molar-refractivity contribution >= 4 is 11.8 Å². The summed E-state index contributed by atoms with van der Waals surface area (Å²) in [4.78, 5) is 0. The van der Waals surface area contributed by atoms with Crippen molar-refractivity contribution in [2.24, 2.45) is 0 Å². The molecule has 0 atom stereocenters. The van der Waals surface area contributed by atoms with Crippen LogP contribution in [-0.4, -0.2) is 17.2 Å². The lowest BCUT2D eigenvalue weighted by Gasteiger charge is -2.28. The van der Waals surface area contributed by atoms with E-state index in [0.29, 0.717) is 25.7 Å². The van der Waals surface area contributed by atoms with E-state index in [0.717, 1.165) is 11.5 Å². The van der Waals surface area contributed by atoms with Crippen molar-refractivity contribution in [2.75, 3.05) is 11.5 Å². The van der Waals surface area contributed by atoms with E-state index in [1.807, 2.05) is 17.8 Å². The standard InChI is InChI=1S/C8H12FNS/c9-8(2-1-5-10)3-6-11-7-4-8/h1-4,6-7H2. The van der Waals surface area contributed by atoms with Crippen molar-refractivity contribution in [3.63, 3.8) is 0 Å². The highest BCUT2D eigenvalue weighted by molar-refractivity contribution is 7.99. The van der Waals surface area contributed by atoms with Crippen LogP contribution in [0.4, 0.5) is 4.39 Å². The lowest BCUT2D eigenvalue weighted by Crippen LogP contribution is -2.27. The zero-order chi connectivity index (χ0) is 8.16. The molecular weight excluding hydrogens is 161 g/mol. The van der Waals surface area contributed by atoms with Gasteiger partial charge in [-0.15, -0.1) is 0 Å². The molecule has 1 rings (SSSR count). The molecule has 3 heteroatoms.